The standard InChI is InChI=1S/C9H10N4O2S3/c10-8(16)4-5-11-18(14,15)7-3-1-2-6-9(7)13-17-12-6/h1-3,11H,4-5H2,(H2,10,16). The fraction of sp³-hybridized carbons (Fsp3) is 0.222. The molecule has 0 saturated carbocycles. The van der Waals surface area contributed by atoms with Crippen LogP contribution in [0.15, 0.2) is 23.1 Å². The first-order chi connectivity index (χ1) is 8.50. The second kappa shape index (κ2) is 5.22. The zero-order chi connectivity index (χ0) is 13.2. The van der Waals surface area contributed by atoms with E-state index in [-0.39, 0.29) is 16.4 Å². The smallest absolute Gasteiger partial charge is 0.242 e. The second-order valence-corrected chi connectivity index (χ2v) is 6.29. The number of thiocarbonyl (C=S) groups is 1. The average Bonchev–Trinajstić information content (AvgIpc) is 2.75. The maximum atomic E-state index is 12.1. The quantitative estimate of drug-likeness (QED) is 0.787. The van der Waals surface area contributed by atoms with Gasteiger partial charge in [0.15, 0.2) is 0 Å². The Labute approximate surface area is 114 Å². The molecule has 1 aromatic heterocycles. The summed E-state index contributed by atoms with van der Waals surface area (Å²) < 4.78 is 34.6. The Morgan fingerprint density at radius 1 is 1.44 bits per heavy atom. The number of benzene rings is 1. The van der Waals surface area contributed by atoms with Gasteiger partial charge in [-0.1, -0.05) is 18.3 Å². The third-order valence-electron chi connectivity index (χ3n) is 2.20. The molecule has 1 heterocycles. The summed E-state index contributed by atoms with van der Waals surface area (Å²) in [6.45, 7) is 0.172. The molecular formula is C9H10N4O2S3. The van der Waals surface area contributed by atoms with Crippen LogP contribution in [0, 0.1) is 0 Å². The number of sulfonamides is 1. The van der Waals surface area contributed by atoms with E-state index in [1.165, 1.54) is 6.07 Å². The summed E-state index contributed by atoms with van der Waals surface area (Å²) in [4.78, 5) is 0.392. The Hall–Kier alpha value is -1.16. The first-order valence-corrected chi connectivity index (χ1v) is 7.62. The molecule has 1 aromatic carbocycles. The van der Waals surface area contributed by atoms with Gasteiger partial charge in [0, 0.05) is 13.0 Å². The van der Waals surface area contributed by atoms with Gasteiger partial charge in [0.2, 0.25) is 10.0 Å². The average molecular weight is 302 g/mol. The van der Waals surface area contributed by atoms with Crippen molar-refractivity contribution in [2.24, 2.45) is 5.73 Å². The van der Waals surface area contributed by atoms with Gasteiger partial charge in [0.1, 0.15) is 15.9 Å². The van der Waals surface area contributed by atoms with Gasteiger partial charge in [-0.2, -0.15) is 8.75 Å². The Kier molecular flexibility index (Phi) is 3.85. The van der Waals surface area contributed by atoms with Gasteiger partial charge in [-0.15, -0.1) is 0 Å². The van der Waals surface area contributed by atoms with Gasteiger partial charge >= 0.3 is 0 Å². The van der Waals surface area contributed by atoms with Crippen LogP contribution in [0.2, 0.25) is 0 Å². The molecule has 18 heavy (non-hydrogen) atoms. The zero-order valence-corrected chi connectivity index (χ0v) is 11.6. The van der Waals surface area contributed by atoms with Crippen molar-refractivity contribution in [2.75, 3.05) is 6.54 Å². The summed E-state index contributed by atoms with van der Waals surface area (Å²) in [7, 11) is -3.61. The highest BCUT2D eigenvalue weighted by atomic mass is 32.2. The lowest BCUT2D eigenvalue weighted by Crippen LogP contribution is -2.27. The molecule has 6 nitrogen and oxygen atoms in total. The molecule has 0 unspecified atom stereocenters. The molecule has 9 heteroatoms. The molecule has 2 rings (SSSR count). The number of nitrogens with one attached hydrogen (secondary N) is 1. The van der Waals surface area contributed by atoms with Crippen LogP contribution < -0.4 is 10.5 Å². The SMILES string of the molecule is NC(=S)CCNS(=O)(=O)c1cccc2nsnc12. The van der Waals surface area contributed by atoms with E-state index in [1.54, 1.807) is 12.1 Å². The fourth-order valence-corrected chi connectivity index (χ4v) is 3.28. The van der Waals surface area contributed by atoms with Crippen LogP contribution in [0.1, 0.15) is 6.42 Å². The molecule has 0 saturated heterocycles. The Morgan fingerprint density at radius 2 is 2.22 bits per heavy atom. The molecule has 0 atom stereocenters. The Balaban J connectivity index is 2.29. The van der Waals surface area contributed by atoms with E-state index >= 15 is 0 Å². The van der Waals surface area contributed by atoms with E-state index in [4.69, 9.17) is 5.73 Å². The third kappa shape index (κ3) is 2.80. The molecule has 0 spiro atoms. The van der Waals surface area contributed by atoms with Crippen LogP contribution >= 0.6 is 23.9 Å². The fourth-order valence-electron chi connectivity index (χ4n) is 1.38. The van der Waals surface area contributed by atoms with Crippen molar-refractivity contribution in [3.05, 3.63) is 18.2 Å². The van der Waals surface area contributed by atoms with Crippen molar-refractivity contribution < 1.29 is 8.42 Å². The number of aromatic nitrogens is 2. The molecule has 0 radical (unpaired) electrons. The van der Waals surface area contributed by atoms with E-state index in [2.05, 4.69) is 25.7 Å². The van der Waals surface area contributed by atoms with E-state index < -0.39 is 10.0 Å². The third-order valence-corrected chi connectivity index (χ3v) is 4.44. The maximum absolute atomic E-state index is 12.1. The second-order valence-electron chi connectivity index (χ2n) is 3.50. The number of rotatable bonds is 5. The predicted molar refractivity (Wildman–Crippen MR) is 74.0 cm³/mol. The highest BCUT2D eigenvalue weighted by molar-refractivity contribution is 7.89. The van der Waals surface area contributed by atoms with Gasteiger partial charge in [0.05, 0.1) is 16.7 Å². The van der Waals surface area contributed by atoms with Crippen LogP contribution in [-0.4, -0.2) is 28.7 Å². The lowest BCUT2D eigenvalue weighted by atomic mass is 10.3. The van der Waals surface area contributed by atoms with E-state index in [0.717, 1.165) is 11.7 Å². The van der Waals surface area contributed by atoms with E-state index in [9.17, 15) is 8.42 Å². The molecule has 0 aliphatic carbocycles. The van der Waals surface area contributed by atoms with Crippen molar-refractivity contribution in [3.63, 3.8) is 0 Å². The zero-order valence-electron chi connectivity index (χ0n) is 9.16. The molecule has 0 amide bonds. The van der Waals surface area contributed by atoms with Gasteiger partial charge < -0.3 is 5.73 Å². The van der Waals surface area contributed by atoms with Gasteiger partial charge in [0.25, 0.3) is 0 Å². The maximum Gasteiger partial charge on any atom is 0.242 e. The Bertz CT molecular complexity index is 680. The van der Waals surface area contributed by atoms with Gasteiger partial charge in [-0.25, -0.2) is 13.1 Å². The van der Waals surface area contributed by atoms with Crippen LogP contribution in [0.25, 0.3) is 11.0 Å². The van der Waals surface area contributed by atoms with Gasteiger partial charge in [-0.3, -0.25) is 0 Å². The van der Waals surface area contributed by atoms with E-state index in [0.29, 0.717) is 17.5 Å². The van der Waals surface area contributed by atoms with Crippen LogP contribution in [-0.2, 0) is 10.0 Å². The predicted octanol–water partition coefficient (Wildman–Crippen LogP) is 0.646. The topological polar surface area (TPSA) is 98.0 Å². The van der Waals surface area contributed by atoms with Crippen LogP contribution in [0.5, 0.6) is 0 Å². The molecule has 3 N–H and O–H groups in total. The minimum Gasteiger partial charge on any atom is -0.393 e. The highest BCUT2D eigenvalue weighted by Gasteiger charge is 2.18. The van der Waals surface area contributed by atoms with Crippen molar-refractivity contribution in [1.29, 1.82) is 0 Å². The molecule has 0 bridgehead atoms. The number of hydrogen-bond donors (Lipinski definition) is 2. The summed E-state index contributed by atoms with van der Waals surface area (Å²) in [5.74, 6) is 0. The minimum atomic E-state index is -3.61. The number of nitrogens with zero attached hydrogens (tertiary/aromatic N) is 2. The summed E-state index contributed by atoms with van der Waals surface area (Å²) in [6.07, 6.45) is 0.319. The molecule has 2 aromatic rings. The normalized spacial score (nSPS) is 11.8. The summed E-state index contributed by atoms with van der Waals surface area (Å²) in [5.41, 5.74) is 6.26. The first-order valence-electron chi connectivity index (χ1n) is 5.00. The van der Waals surface area contributed by atoms with Crippen LogP contribution in [0.3, 0.4) is 0 Å². The largest absolute Gasteiger partial charge is 0.393 e. The molecule has 0 aliphatic heterocycles. The lowest BCUT2D eigenvalue weighted by Gasteiger charge is -2.06. The van der Waals surface area contributed by atoms with E-state index in [1.807, 2.05) is 0 Å². The summed E-state index contributed by atoms with van der Waals surface area (Å²) in [5, 5.41) is 0. The van der Waals surface area contributed by atoms with Crippen molar-refractivity contribution in [2.45, 2.75) is 11.3 Å². The molecule has 0 aliphatic rings. The summed E-state index contributed by atoms with van der Waals surface area (Å²) in [6, 6.07) is 4.84. The number of fused-ring (bicyclic) bond motifs is 1. The first kappa shape index (κ1) is 13.3. The van der Waals surface area contributed by atoms with Crippen molar-refractivity contribution >= 4 is 50.0 Å². The monoisotopic (exact) mass is 302 g/mol. The molecule has 96 valence electrons. The van der Waals surface area contributed by atoms with Crippen molar-refractivity contribution in [1.82, 2.24) is 13.5 Å². The van der Waals surface area contributed by atoms with Crippen LogP contribution in [0.4, 0.5) is 0 Å². The number of hydrogen-bond acceptors (Lipinski definition) is 6. The van der Waals surface area contributed by atoms with Gasteiger partial charge in [-0.05, 0) is 12.1 Å². The number of nitrogens with two attached hydrogens (primary N) is 1. The molecular weight excluding hydrogens is 292 g/mol. The summed E-state index contributed by atoms with van der Waals surface area (Å²) >= 11 is 5.66. The highest BCUT2D eigenvalue weighted by Crippen LogP contribution is 2.20. The Morgan fingerprint density at radius 3 is 2.94 bits per heavy atom. The lowest BCUT2D eigenvalue weighted by molar-refractivity contribution is 0.583. The van der Waals surface area contributed by atoms with Crippen molar-refractivity contribution in [3.8, 4) is 0 Å². The molecule has 0 fully saturated rings. The minimum absolute atomic E-state index is 0.122.